The van der Waals surface area contributed by atoms with Gasteiger partial charge in [-0.05, 0) is 36.4 Å². The normalized spacial score (nSPS) is 14.2. The molecular weight excluding hydrogens is 392 g/mol. The van der Waals surface area contributed by atoms with Gasteiger partial charge in [0.25, 0.3) is 5.91 Å². The number of hydrogen-bond donors (Lipinski definition) is 0. The molecule has 0 saturated carbocycles. The standard InChI is InChI=1S/C23H22N6O2/c1-2-21-26-22(27-31-21)18-6-8-20(25-15-18)28-10-12-29(13-11-28)23(30)17-5-7-19-16(14-17)4-3-9-24-19/h3-9,14-15H,2,10-13H2,1H3. The second-order valence-corrected chi connectivity index (χ2v) is 7.46. The molecule has 1 aliphatic rings. The Hall–Kier alpha value is -3.81. The summed E-state index contributed by atoms with van der Waals surface area (Å²) in [5.74, 6) is 2.10. The lowest BCUT2D eigenvalue weighted by Gasteiger charge is -2.35. The Morgan fingerprint density at radius 3 is 2.68 bits per heavy atom. The molecule has 0 bridgehead atoms. The van der Waals surface area contributed by atoms with Gasteiger partial charge in [0.1, 0.15) is 5.82 Å². The fourth-order valence-corrected chi connectivity index (χ4v) is 3.75. The van der Waals surface area contributed by atoms with E-state index in [4.69, 9.17) is 4.52 Å². The number of aryl methyl sites for hydroxylation is 1. The lowest BCUT2D eigenvalue weighted by atomic mass is 10.1. The number of carbonyl (C=O) groups is 1. The van der Waals surface area contributed by atoms with Crippen LogP contribution < -0.4 is 4.90 Å². The number of rotatable bonds is 4. The number of pyridine rings is 2. The molecule has 1 amide bonds. The molecule has 0 N–H and O–H groups in total. The van der Waals surface area contributed by atoms with Crippen molar-refractivity contribution < 1.29 is 9.32 Å². The summed E-state index contributed by atoms with van der Waals surface area (Å²) in [5, 5.41) is 4.96. The molecule has 4 heterocycles. The van der Waals surface area contributed by atoms with E-state index in [1.165, 1.54) is 0 Å². The van der Waals surface area contributed by atoms with Crippen molar-refractivity contribution >= 4 is 22.6 Å². The van der Waals surface area contributed by atoms with Crippen molar-refractivity contribution in [2.45, 2.75) is 13.3 Å². The molecule has 0 atom stereocenters. The molecule has 1 aromatic carbocycles. The van der Waals surface area contributed by atoms with Crippen LogP contribution in [0.2, 0.25) is 0 Å². The van der Waals surface area contributed by atoms with Crippen LogP contribution >= 0.6 is 0 Å². The summed E-state index contributed by atoms with van der Waals surface area (Å²) in [6.07, 6.45) is 4.23. The molecule has 31 heavy (non-hydrogen) atoms. The van der Waals surface area contributed by atoms with E-state index in [0.717, 1.165) is 35.4 Å². The fraction of sp³-hybridized carbons (Fsp3) is 0.261. The SMILES string of the molecule is CCc1nc(-c2ccc(N3CCN(C(=O)c4ccc5ncccc5c4)CC3)nc2)no1. The molecule has 0 unspecified atom stereocenters. The number of piperazine rings is 1. The van der Waals surface area contributed by atoms with E-state index in [1.807, 2.05) is 54.3 Å². The zero-order valence-corrected chi connectivity index (χ0v) is 17.2. The van der Waals surface area contributed by atoms with Crippen molar-refractivity contribution in [3.63, 3.8) is 0 Å². The molecule has 0 aliphatic carbocycles. The molecule has 3 aromatic heterocycles. The van der Waals surface area contributed by atoms with Crippen LogP contribution in [0.4, 0.5) is 5.82 Å². The van der Waals surface area contributed by atoms with Gasteiger partial charge in [0.05, 0.1) is 5.52 Å². The highest BCUT2D eigenvalue weighted by Crippen LogP contribution is 2.21. The van der Waals surface area contributed by atoms with E-state index in [0.29, 0.717) is 36.8 Å². The van der Waals surface area contributed by atoms with Gasteiger partial charge in [-0.25, -0.2) is 4.98 Å². The largest absolute Gasteiger partial charge is 0.353 e. The van der Waals surface area contributed by atoms with Crippen molar-refractivity contribution in [3.8, 4) is 11.4 Å². The van der Waals surface area contributed by atoms with E-state index in [1.54, 1.807) is 12.4 Å². The second-order valence-electron chi connectivity index (χ2n) is 7.46. The maximum absolute atomic E-state index is 13.0. The molecular formula is C23H22N6O2. The van der Waals surface area contributed by atoms with Crippen LogP contribution in [0.5, 0.6) is 0 Å². The Morgan fingerprint density at radius 1 is 1.06 bits per heavy atom. The highest BCUT2D eigenvalue weighted by molar-refractivity contribution is 5.98. The monoisotopic (exact) mass is 414 g/mol. The molecule has 4 aromatic rings. The van der Waals surface area contributed by atoms with Gasteiger partial charge >= 0.3 is 0 Å². The Kier molecular flexibility index (Phi) is 5.03. The van der Waals surface area contributed by atoms with Gasteiger partial charge in [0.15, 0.2) is 0 Å². The van der Waals surface area contributed by atoms with Gasteiger partial charge in [-0.1, -0.05) is 18.1 Å². The van der Waals surface area contributed by atoms with Crippen LogP contribution in [0.3, 0.4) is 0 Å². The molecule has 5 rings (SSSR count). The van der Waals surface area contributed by atoms with E-state index >= 15 is 0 Å². The minimum absolute atomic E-state index is 0.0533. The topological polar surface area (TPSA) is 88.3 Å². The van der Waals surface area contributed by atoms with E-state index < -0.39 is 0 Å². The molecule has 0 spiro atoms. The summed E-state index contributed by atoms with van der Waals surface area (Å²) in [5.41, 5.74) is 2.42. The predicted molar refractivity (Wildman–Crippen MR) is 117 cm³/mol. The lowest BCUT2D eigenvalue weighted by molar-refractivity contribution is 0.0746. The third-order valence-corrected chi connectivity index (χ3v) is 5.52. The molecule has 1 saturated heterocycles. The minimum atomic E-state index is 0.0533. The molecule has 8 nitrogen and oxygen atoms in total. The number of aromatic nitrogens is 4. The van der Waals surface area contributed by atoms with Crippen molar-refractivity contribution in [2.75, 3.05) is 31.1 Å². The molecule has 8 heteroatoms. The summed E-state index contributed by atoms with van der Waals surface area (Å²) < 4.78 is 5.17. The molecule has 0 radical (unpaired) electrons. The summed E-state index contributed by atoms with van der Waals surface area (Å²) in [6.45, 7) is 4.74. The highest BCUT2D eigenvalue weighted by Gasteiger charge is 2.23. The van der Waals surface area contributed by atoms with Gasteiger partial charge in [-0.3, -0.25) is 9.78 Å². The van der Waals surface area contributed by atoms with Crippen LogP contribution in [-0.2, 0) is 6.42 Å². The summed E-state index contributed by atoms with van der Waals surface area (Å²) in [4.78, 5) is 30.3. The Morgan fingerprint density at radius 2 is 1.94 bits per heavy atom. The average molecular weight is 414 g/mol. The number of nitrogens with zero attached hydrogens (tertiary/aromatic N) is 6. The van der Waals surface area contributed by atoms with Gasteiger partial charge in [-0.2, -0.15) is 4.98 Å². The van der Waals surface area contributed by atoms with Crippen LogP contribution in [0.15, 0.2) is 59.4 Å². The molecule has 1 aliphatic heterocycles. The van der Waals surface area contributed by atoms with Gasteiger partial charge in [0, 0.05) is 61.5 Å². The van der Waals surface area contributed by atoms with Crippen molar-refractivity contribution in [3.05, 3.63) is 66.3 Å². The first-order valence-corrected chi connectivity index (χ1v) is 10.4. The van der Waals surface area contributed by atoms with Crippen LogP contribution in [0, 0.1) is 0 Å². The van der Waals surface area contributed by atoms with Crippen molar-refractivity contribution in [2.24, 2.45) is 0 Å². The van der Waals surface area contributed by atoms with Crippen molar-refractivity contribution in [1.82, 2.24) is 25.0 Å². The summed E-state index contributed by atoms with van der Waals surface area (Å²) in [7, 11) is 0. The highest BCUT2D eigenvalue weighted by atomic mass is 16.5. The smallest absolute Gasteiger partial charge is 0.253 e. The fourth-order valence-electron chi connectivity index (χ4n) is 3.75. The maximum Gasteiger partial charge on any atom is 0.253 e. The van der Waals surface area contributed by atoms with Gasteiger partial charge in [-0.15, -0.1) is 0 Å². The van der Waals surface area contributed by atoms with Crippen LogP contribution in [-0.4, -0.2) is 57.1 Å². The van der Waals surface area contributed by atoms with Crippen molar-refractivity contribution in [1.29, 1.82) is 0 Å². The summed E-state index contributed by atoms with van der Waals surface area (Å²) in [6, 6.07) is 13.4. The Labute approximate surface area is 179 Å². The number of fused-ring (bicyclic) bond motifs is 1. The number of carbonyl (C=O) groups excluding carboxylic acids is 1. The Bertz CT molecular complexity index is 1210. The molecule has 156 valence electrons. The van der Waals surface area contributed by atoms with E-state index in [2.05, 4.69) is 25.0 Å². The first kappa shape index (κ1) is 19.2. The van der Waals surface area contributed by atoms with Gasteiger partial charge in [0.2, 0.25) is 11.7 Å². The first-order chi connectivity index (χ1) is 15.2. The molecule has 1 fully saturated rings. The first-order valence-electron chi connectivity index (χ1n) is 10.4. The van der Waals surface area contributed by atoms with E-state index in [-0.39, 0.29) is 5.91 Å². The van der Waals surface area contributed by atoms with Gasteiger partial charge < -0.3 is 14.3 Å². The number of amides is 1. The number of anilines is 1. The second kappa shape index (κ2) is 8.14. The third kappa shape index (κ3) is 3.84. The minimum Gasteiger partial charge on any atom is -0.353 e. The third-order valence-electron chi connectivity index (χ3n) is 5.52. The zero-order valence-electron chi connectivity index (χ0n) is 17.2. The van der Waals surface area contributed by atoms with Crippen LogP contribution in [0.25, 0.3) is 22.3 Å². The summed E-state index contributed by atoms with van der Waals surface area (Å²) >= 11 is 0. The predicted octanol–water partition coefficient (Wildman–Crippen LogP) is 3.20. The van der Waals surface area contributed by atoms with E-state index in [9.17, 15) is 4.79 Å². The number of hydrogen-bond acceptors (Lipinski definition) is 7. The lowest BCUT2D eigenvalue weighted by Crippen LogP contribution is -2.49. The average Bonchev–Trinajstić information content (AvgIpc) is 3.33. The Balaban J connectivity index is 1.23. The maximum atomic E-state index is 13.0. The zero-order chi connectivity index (χ0) is 21.2. The quantitative estimate of drug-likeness (QED) is 0.507. The number of benzene rings is 1. The van der Waals surface area contributed by atoms with Crippen LogP contribution in [0.1, 0.15) is 23.2 Å².